The third-order valence-corrected chi connectivity index (χ3v) is 5.64. The average Bonchev–Trinajstić information content (AvgIpc) is 2.65. The topological polar surface area (TPSA) is 58.5 Å². The third kappa shape index (κ3) is 2.69. The Morgan fingerprint density at radius 1 is 1.41 bits per heavy atom. The van der Waals surface area contributed by atoms with Gasteiger partial charge in [0, 0.05) is 17.5 Å². The highest BCUT2D eigenvalue weighted by Gasteiger charge is 2.29. The summed E-state index contributed by atoms with van der Waals surface area (Å²) in [6.07, 6.45) is 0.481. The lowest BCUT2D eigenvalue weighted by molar-refractivity contribution is 0.440. The van der Waals surface area contributed by atoms with Gasteiger partial charge in [0.2, 0.25) is 0 Å². The van der Waals surface area contributed by atoms with Gasteiger partial charge >= 0.3 is 0 Å². The number of fused-ring (bicyclic) bond motifs is 1. The van der Waals surface area contributed by atoms with E-state index in [9.17, 15) is 8.42 Å². The van der Waals surface area contributed by atoms with E-state index in [1.807, 2.05) is 26.8 Å². The van der Waals surface area contributed by atoms with Gasteiger partial charge in [0.1, 0.15) is 4.21 Å². The molecule has 0 spiro atoms. The molecule has 2 heterocycles. The summed E-state index contributed by atoms with van der Waals surface area (Å²) in [5.74, 6) is 0.158. The summed E-state index contributed by atoms with van der Waals surface area (Å²) in [5.41, 5.74) is 4.54. The number of nitrogens with one attached hydrogen (secondary N) is 1. The van der Waals surface area contributed by atoms with Crippen molar-refractivity contribution < 1.29 is 8.42 Å². The lowest BCUT2D eigenvalue weighted by atomic mass is 10.1. The molecule has 1 N–H and O–H groups in total. The molecule has 0 amide bonds. The van der Waals surface area contributed by atoms with E-state index in [1.54, 1.807) is 5.38 Å². The first-order chi connectivity index (χ1) is 7.80. The summed E-state index contributed by atoms with van der Waals surface area (Å²) in [4.78, 5) is 0. The van der Waals surface area contributed by atoms with E-state index in [4.69, 9.17) is 0 Å². The van der Waals surface area contributed by atoms with Crippen LogP contribution >= 0.6 is 11.3 Å². The van der Waals surface area contributed by atoms with Crippen LogP contribution in [0.4, 0.5) is 0 Å². The van der Waals surface area contributed by atoms with Crippen LogP contribution < -0.4 is 5.43 Å². The highest BCUT2D eigenvalue weighted by atomic mass is 32.2. The van der Waals surface area contributed by atoms with Gasteiger partial charge in [-0.2, -0.15) is 5.10 Å². The van der Waals surface area contributed by atoms with Gasteiger partial charge in [0.15, 0.2) is 9.84 Å². The molecule has 1 aliphatic rings. The lowest BCUT2D eigenvalue weighted by Gasteiger charge is -2.20. The zero-order chi connectivity index (χ0) is 12.7. The van der Waals surface area contributed by atoms with Gasteiger partial charge in [0.25, 0.3) is 0 Å². The van der Waals surface area contributed by atoms with E-state index in [-0.39, 0.29) is 11.3 Å². The summed E-state index contributed by atoms with van der Waals surface area (Å²) in [6, 6.07) is 1.83. The molecule has 0 fully saturated rings. The second-order valence-corrected chi connectivity index (χ2v) is 8.33. The van der Waals surface area contributed by atoms with E-state index in [2.05, 4.69) is 10.5 Å². The summed E-state index contributed by atoms with van der Waals surface area (Å²) in [5, 5.41) is 6.15. The summed E-state index contributed by atoms with van der Waals surface area (Å²) in [7, 11) is -3.08. The molecule has 0 saturated carbocycles. The average molecular weight is 272 g/mol. The Hall–Kier alpha value is -0.880. The molecule has 4 nitrogen and oxygen atoms in total. The molecule has 1 aromatic rings. The Labute approximate surface area is 106 Å². The van der Waals surface area contributed by atoms with Crippen molar-refractivity contribution in [3.63, 3.8) is 0 Å². The number of sulfone groups is 1. The van der Waals surface area contributed by atoms with E-state index in [1.165, 1.54) is 11.3 Å². The third-order valence-electron chi connectivity index (χ3n) is 2.36. The van der Waals surface area contributed by atoms with Gasteiger partial charge < -0.3 is 5.43 Å². The van der Waals surface area contributed by atoms with Gasteiger partial charge in [-0.1, -0.05) is 0 Å². The molecule has 0 atom stereocenters. The van der Waals surface area contributed by atoms with Crippen molar-refractivity contribution in [1.29, 1.82) is 0 Å². The van der Waals surface area contributed by atoms with E-state index in [0.29, 0.717) is 10.6 Å². The lowest BCUT2D eigenvalue weighted by Crippen LogP contribution is -2.33. The molecule has 0 aliphatic carbocycles. The normalized spacial score (nSPS) is 21.2. The first-order valence-corrected chi connectivity index (χ1v) is 7.97. The van der Waals surface area contributed by atoms with Crippen molar-refractivity contribution >= 4 is 26.9 Å². The number of hydrogen-bond acceptors (Lipinski definition) is 5. The summed E-state index contributed by atoms with van der Waals surface area (Å²) >= 11 is 1.27. The maximum Gasteiger partial charge on any atom is 0.188 e. The standard InChI is InChI=1S/C11H16N2O2S2/c1-11(2,3)13-12-9-5-7-17(14,15)10-8(9)4-6-16-10/h4,6,13H,5,7H2,1-3H3/b12-9+. The van der Waals surface area contributed by atoms with E-state index < -0.39 is 9.84 Å². The van der Waals surface area contributed by atoms with Crippen molar-refractivity contribution in [2.45, 2.75) is 36.9 Å². The van der Waals surface area contributed by atoms with Crippen LogP contribution in [0.25, 0.3) is 0 Å². The number of hydrogen-bond donors (Lipinski definition) is 1. The van der Waals surface area contributed by atoms with Crippen LogP contribution in [0.3, 0.4) is 0 Å². The molecule has 17 heavy (non-hydrogen) atoms. The first kappa shape index (κ1) is 12.6. The molecule has 2 rings (SSSR count). The molecule has 6 heteroatoms. The quantitative estimate of drug-likeness (QED) is 0.796. The van der Waals surface area contributed by atoms with Gasteiger partial charge in [-0.05, 0) is 32.2 Å². The predicted molar refractivity (Wildman–Crippen MR) is 70.4 cm³/mol. The van der Waals surface area contributed by atoms with Crippen molar-refractivity contribution in [1.82, 2.24) is 5.43 Å². The Morgan fingerprint density at radius 2 is 2.12 bits per heavy atom. The first-order valence-electron chi connectivity index (χ1n) is 5.44. The molecular formula is C11H16N2O2S2. The molecule has 94 valence electrons. The molecule has 1 aromatic heterocycles. The van der Waals surface area contributed by atoms with Crippen LogP contribution in [0.15, 0.2) is 20.8 Å². The minimum atomic E-state index is -3.08. The fraction of sp³-hybridized carbons (Fsp3) is 0.545. The van der Waals surface area contributed by atoms with E-state index in [0.717, 1.165) is 11.3 Å². The molecule has 0 aromatic carbocycles. The van der Waals surface area contributed by atoms with Crippen LogP contribution in [-0.2, 0) is 9.84 Å². The Morgan fingerprint density at radius 3 is 2.76 bits per heavy atom. The maximum atomic E-state index is 11.8. The molecule has 0 bridgehead atoms. The van der Waals surface area contributed by atoms with Crippen LogP contribution in [-0.4, -0.2) is 25.4 Å². The van der Waals surface area contributed by atoms with Crippen LogP contribution in [0.2, 0.25) is 0 Å². The second-order valence-electron chi connectivity index (χ2n) is 5.11. The van der Waals surface area contributed by atoms with Gasteiger partial charge in [0.05, 0.1) is 11.5 Å². The second kappa shape index (κ2) is 4.10. The van der Waals surface area contributed by atoms with Crippen molar-refractivity contribution in [2.75, 3.05) is 5.75 Å². The smallest absolute Gasteiger partial charge is 0.188 e. The van der Waals surface area contributed by atoms with Gasteiger partial charge in [-0.25, -0.2) is 8.42 Å². The summed E-state index contributed by atoms with van der Waals surface area (Å²) < 4.78 is 24.1. The zero-order valence-electron chi connectivity index (χ0n) is 10.1. The van der Waals surface area contributed by atoms with Crippen molar-refractivity contribution in [3.05, 3.63) is 17.0 Å². The number of thiophene rings is 1. The maximum absolute atomic E-state index is 11.8. The highest BCUT2D eigenvalue weighted by molar-refractivity contribution is 7.93. The van der Waals surface area contributed by atoms with Crippen LogP contribution in [0, 0.1) is 0 Å². The Kier molecular flexibility index (Phi) is 3.03. The molecule has 0 radical (unpaired) electrons. The highest BCUT2D eigenvalue weighted by Crippen LogP contribution is 2.30. The van der Waals surface area contributed by atoms with Gasteiger partial charge in [-0.15, -0.1) is 11.3 Å². The van der Waals surface area contributed by atoms with Crippen LogP contribution in [0.5, 0.6) is 0 Å². The minimum absolute atomic E-state index is 0.112. The van der Waals surface area contributed by atoms with Gasteiger partial charge in [-0.3, -0.25) is 0 Å². The predicted octanol–water partition coefficient (Wildman–Crippen LogP) is 2.02. The number of hydrazone groups is 1. The largest absolute Gasteiger partial charge is 0.305 e. The molecule has 0 saturated heterocycles. The number of rotatable bonds is 1. The Balaban J connectivity index is 2.37. The fourth-order valence-electron chi connectivity index (χ4n) is 1.56. The fourth-order valence-corrected chi connectivity index (χ4v) is 4.37. The monoisotopic (exact) mass is 272 g/mol. The molecule has 1 aliphatic heterocycles. The minimum Gasteiger partial charge on any atom is -0.305 e. The Bertz CT molecular complexity index is 550. The van der Waals surface area contributed by atoms with E-state index >= 15 is 0 Å². The molecular weight excluding hydrogens is 256 g/mol. The zero-order valence-corrected chi connectivity index (χ0v) is 11.8. The number of nitrogens with zero attached hydrogens (tertiary/aromatic N) is 1. The SMILES string of the molecule is CC(C)(C)N/N=C1\CCS(=O)(=O)c2sccc21. The van der Waals surface area contributed by atoms with Crippen LogP contribution in [0.1, 0.15) is 32.8 Å². The summed E-state index contributed by atoms with van der Waals surface area (Å²) in [6.45, 7) is 6.06. The van der Waals surface area contributed by atoms with Crippen molar-refractivity contribution in [3.8, 4) is 0 Å². The molecule has 0 unspecified atom stereocenters. The van der Waals surface area contributed by atoms with Crippen molar-refractivity contribution in [2.24, 2.45) is 5.10 Å².